The molecular formula is C29H33N3O6S. The second kappa shape index (κ2) is 10.5. The summed E-state index contributed by atoms with van der Waals surface area (Å²) in [4.78, 5) is 42.1. The lowest BCUT2D eigenvalue weighted by Crippen LogP contribution is -2.63. The summed E-state index contributed by atoms with van der Waals surface area (Å²) in [6, 6.07) is 13.3. The molecule has 1 aromatic heterocycles. The third kappa shape index (κ3) is 5.30. The number of nitrogens with one attached hydrogen (secondary N) is 2. The molecule has 2 fully saturated rings. The zero-order valence-corrected chi connectivity index (χ0v) is 23.0. The van der Waals surface area contributed by atoms with Crippen LogP contribution < -0.4 is 15.5 Å². The van der Waals surface area contributed by atoms with Gasteiger partial charge in [-0.2, -0.15) is 0 Å². The number of hydrogen-bond acceptors (Lipinski definition) is 7. The number of para-hydroxylation sites is 2. The van der Waals surface area contributed by atoms with Gasteiger partial charge in [-0.25, -0.2) is 8.42 Å². The summed E-state index contributed by atoms with van der Waals surface area (Å²) >= 11 is 0. The largest absolute Gasteiger partial charge is 0.451 e. The standard InChI is InChI=1S/C29H33N3O6S/c1-19-20-10-4-6-12-24(20)38-26(19)27(34)31-29(15-8-3-9-16-29)28(35)30-21-14-17-32(18-23(21)33)22-11-5-7-13-25(22)39(2,36)37/h4-7,10-13,21H,3,8-9,14-18H2,1-2H3,(H,30,35)(H,31,34). The van der Waals surface area contributed by atoms with E-state index in [0.717, 1.165) is 30.9 Å². The number of fused-ring (bicyclic) bond motifs is 1. The number of piperidine rings is 1. The number of Topliss-reactive ketones (excluding diaryl/α,β-unsaturated/α-hetero) is 1. The van der Waals surface area contributed by atoms with Crippen molar-refractivity contribution in [2.24, 2.45) is 0 Å². The molecular weight excluding hydrogens is 518 g/mol. The van der Waals surface area contributed by atoms with Crippen LogP contribution in [-0.2, 0) is 19.4 Å². The third-order valence-corrected chi connectivity index (χ3v) is 9.02. The van der Waals surface area contributed by atoms with E-state index in [-0.39, 0.29) is 28.9 Å². The van der Waals surface area contributed by atoms with E-state index in [4.69, 9.17) is 4.42 Å². The maximum Gasteiger partial charge on any atom is 0.288 e. The summed E-state index contributed by atoms with van der Waals surface area (Å²) in [6.45, 7) is 2.21. The topological polar surface area (TPSA) is 126 Å². The fourth-order valence-corrected chi connectivity index (χ4v) is 6.64. The molecule has 0 spiro atoms. The molecule has 1 aliphatic carbocycles. The van der Waals surface area contributed by atoms with Gasteiger partial charge < -0.3 is 20.0 Å². The van der Waals surface area contributed by atoms with Crippen LogP contribution in [0.2, 0.25) is 0 Å². The summed E-state index contributed by atoms with van der Waals surface area (Å²) in [5.41, 5.74) is 0.667. The van der Waals surface area contributed by atoms with Gasteiger partial charge in [-0.05, 0) is 44.4 Å². The Bertz CT molecular complexity index is 1540. The van der Waals surface area contributed by atoms with Crippen molar-refractivity contribution in [1.82, 2.24) is 10.6 Å². The van der Waals surface area contributed by atoms with Crippen LogP contribution in [0.1, 0.15) is 54.6 Å². The Morgan fingerprint density at radius 2 is 1.72 bits per heavy atom. The second-order valence-electron chi connectivity index (χ2n) is 10.6. The van der Waals surface area contributed by atoms with Crippen LogP contribution in [0.4, 0.5) is 5.69 Å². The van der Waals surface area contributed by atoms with Gasteiger partial charge in [0.25, 0.3) is 5.91 Å². The minimum Gasteiger partial charge on any atom is -0.451 e. The molecule has 0 radical (unpaired) electrons. The van der Waals surface area contributed by atoms with E-state index in [1.165, 1.54) is 6.07 Å². The zero-order chi connectivity index (χ0) is 27.8. The first-order valence-electron chi connectivity index (χ1n) is 13.3. The molecule has 2 N–H and O–H groups in total. The average molecular weight is 552 g/mol. The summed E-state index contributed by atoms with van der Waals surface area (Å²) in [5, 5.41) is 6.74. The number of benzene rings is 2. The number of carbonyl (C=O) groups excluding carboxylic acids is 3. The molecule has 1 aliphatic heterocycles. The second-order valence-corrected chi connectivity index (χ2v) is 12.6. The molecule has 206 valence electrons. The van der Waals surface area contributed by atoms with Gasteiger partial charge in [0, 0.05) is 23.8 Å². The van der Waals surface area contributed by atoms with Gasteiger partial charge in [-0.15, -0.1) is 0 Å². The number of aryl methyl sites for hydroxylation is 1. The number of ketones is 1. The monoisotopic (exact) mass is 551 g/mol. The first-order chi connectivity index (χ1) is 18.6. The highest BCUT2D eigenvalue weighted by Crippen LogP contribution is 2.32. The van der Waals surface area contributed by atoms with Gasteiger partial charge in [0.05, 0.1) is 23.2 Å². The van der Waals surface area contributed by atoms with Crippen molar-refractivity contribution >= 4 is 44.1 Å². The number of carbonyl (C=O) groups is 3. The van der Waals surface area contributed by atoms with Crippen LogP contribution in [0.3, 0.4) is 0 Å². The lowest BCUT2D eigenvalue weighted by atomic mass is 9.80. The number of rotatable bonds is 6. The molecule has 5 rings (SSSR count). The fourth-order valence-electron chi connectivity index (χ4n) is 5.74. The van der Waals surface area contributed by atoms with E-state index in [1.54, 1.807) is 29.2 Å². The van der Waals surface area contributed by atoms with E-state index >= 15 is 0 Å². The normalized spacial score (nSPS) is 19.6. The Balaban J connectivity index is 1.31. The van der Waals surface area contributed by atoms with Gasteiger partial charge in [-0.3, -0.25) is 14.4 Å². The van der Waals surface area contributed by atoms with Gasteiger partial charge in [-0.1, -0.05) is 49.6 Å². The molecule has 0 bridgehead atoms. The van der Waals surface area contributed by atoms with Crippen molar-refractivity contribution in [3.8, 4) is 0 Å². The zero-order valence-electron chi connectivity index (χ0n) is 22.2. The smallest absolute Gasteiger partial charge is 0.288 e. The van der Waals surface area contributed by atoms with E-state index in [0.29, 0.717) is 42.6 Å². The first-order valence-corrected chi connectivity index (χ1v) is 15.2. The average Bonchev–Trinajstić information content (AvgIpc) is 3.26. The minimum atomic E-state index is -3.47. The summed E-state index contributed by atoms with van der Waals surface area (Å²) < 4.78 is 30.3. The molecule has 2 amide bonds. The van der Waals surface area contributed by atoms with E-state index < -0.39 is 27.3 Å². The van der Waals surface area contributed by atoms with Crippen molar-refractivity contribution in [1.29, 1.82) is 0 Å². The number of anilines is 1. The van der Waals surface area contributed by atoms with Gasteiger partial charge in [0.2, 0.25) is 5.91 Å². The SMILES string of the molecule is Cc1c(C(=O)NC2(C(=O)NC3CCN(c4ccccc4S(C)(=O)=O)CC3=O)CCCCC2)oc2ccccc12. The van der Waals surface area contributed by atoms with E-state index in [1.807, 2.05) is 25.1 Å². The van der Waals surface area contributed by atoms with Crippen LogP contribution in [0, 0.1) is 6.92 Å². The Morgan fingerprint density at radius 3 is 2.41 bits per heavy atom. The quantitative estimate of drug-likeness (QED) is 0.480. The number of sulfone groups is 1. The predicted octanol–water partition coefficient (Wildman–Crippen LogP) is 3.54. The maximum absolute atomic E-state index is 13.7. The lowest BCUT2D eigenvalue weighted by molar-refractivity contribution is -0.133. The van der Waals surface area contributed by atoms with Crippen LogP contribution >= 0.6 is 0 Å². The van der Waals surface area contributed by atoms with Crippen molar-refractivity contribution in [3.63, 3.8) is 0 Å². The molecule has 2 heterocycles. The molecule has 1 unspecified atom stereocenters. The van der Waals surface area contributed by atoms with Crippen molar-refractivity contribution in [2.75, 3.05) is 24.2 Å². The molecule has 9 nitrogen and oxygen atoms in total. The Labute approximate surface area is 227 Å². The highest BCUT2D eigenvalue weighted by Gasteiger charge is 2.43. The number of furan rings is 1. The molecule has 1 atom stereocenters. The Morgan fingerprint density at radius 1 is 1.03 bits per heavy atom. The molecule has 2 aliphatic rings. The molecule has 10 heteroatoms. The predicted molar refractivity (Wildman–Crippen MR) is 148 cm³/mol. The van der Waals surface area contributed by atoms with Crippen LogP contribution in [0.5, 0.6) is 0 Å². The molecule has 39 heavy (non-hydrogen) atoms. The van der Waals surface area contributed by atoms with Gasteiger partial charge in [0.1, 0.15) is 11.1 Å². The van der Waals surface area contributed by atoms with E-state index in [9.17, 15) is 22.8 Å². The van der Waals surface area contributed by atoms with Crippen molar-refractivity contribution < 1.29 is 27.2 Å². The third-order valence-electron chi connectivity index (χ3n) is 7.88. The Hall–Kier alpha value is -3.66. The van der Waals surface area contributed by atoms with Crippen LogP contribution in [-0.4, -0.2) is 56.9 Å². The van der Waals surface area contributed by atoms with E-state index in [2.05, 4.69) is 10.6 Å². The number of hydrogen-bond donors (Lipinski definition) is 2. The summed E-state index contributed by atoms with van der Waals surface area (Å²) in [7, 11) is -3.47. The van der Waals surface area contributed by atoms with Gasteiger partial charge in [0.15, 0.2) is 21.4 Å². The minimum absolute atomic E-state index is 0.0188. The lowest BCUT2D eigenvalue weighted by Gasteiger charge is -2.39. The molecule has 1 saturated heterocycles. The number of nitrogens with zero attached hydrogens (tertiary/aromatic N) is 1. The van der Waals surface area contributed by atoms with Crippen molar-refractivity contribution in [2.45, 2.75) is 61.9 Å². The van der Waals surface area contributed by atoms with Crippen molar-refractivity contribution in [3.05, 3.63) is 59.9 Å². The summed E-state index contributed by atoms with van der Waals surface area (Å²) in [6.07, 6.45) is 4.94. The Kier molecular flexibility index (Phi) is 7.24. The highest BCUT2D eigenvalue weighted by molar-refractivity contribution is 7.90. The van der Waals surface area contributed by atoms with Crippen LogP contribution in [0.25, 0.3) is 11.0 Å². The first kappa shape index (κ1) is 26.9. The molecule has 1 saturated carbocycles. The summed E-state index contributed by atoms with van der Waals surface area (Å²) in [5.74, 6) is -0.835. The highest BCUT2D eigenvalue weighted by atomic mass is 32.2. The maximum atomic E-state index is 13.7. The number of amides is 2. The van der Waals surface area contributed by atoms with Gasteiger partial charge >= 0.3 is 0 Å². The molecule has 3 aromatic rings. The van der Waals surface area contributed by atoms with Crippen LogP contribution in [0.15, 0.2) is 57.8 Å². The fraction of sp³-hybridized carbons (Fsp3) is 0.414. The molecule has 2 aromatic carbocycles.